The smallest absolute Gasteiger partial charge is 0.320 e. The van der Waals surface area contributed by atoms with E-state index < -0.39 is 40.6 Å². The van der Waals surface area contributed by atoms with Gasteiger partial charge < -0.3 is 14.9 Å². The van der Waals surface area contributed by atoms with Crippen molar-refractivity contribution in [1.29, 1.82) is 0 Å². The van der Waals surface area contributed by atoms with Crippen LogP contribution in [0.5, 0.6) is 0 Å². The average molecular weight is 411 g/mol. The molecule has 0 aromatic rings. The molecule has 3 unspecified atom stereocenters. The fourth-order valence-electron chi connectivity index (χ4n) is 1.91. The molecule has 6 nitrogen and oxygen atoms in total. The third-order valence-corrected chi connectivity index (χ3v) is 5.75. The first-order chi connectivity index (χ1) is 11.4. The van der Waals surface area contributed by atoms with Crippen molar-refractivity contribution in [2.24, 2.45) is 11.8 Å². The van der Waals surface area contributed by atoms with Gasteiger partial charge in [-0.15, -0.1) is 11.8 Å². The summed E-state index contributed by atoms with van der Waals surface area (Å²) in [6.07, 6.45) is -0.0881. The number of aliphatic carboxylic acids is 2. The summed E-state index contributed by atoms with van der Waals surface area (Å²) in [5, 5.41) is 17.6. The van der Waals surface area contributed by atoms with Crippen LogP contribution in [-0.2, 0) is 19.1 Å². The molecule has 0 saturated heterocycles. The van der Waals surface area contributed by atoms with E-state index in [9.17, 15) is 19.5 Å². The number of carboxylic acids is 2. The molecule has 3 atom stereocenters. The van der Waals surface area contributed by atoms with Crippen LogP contribution < -0.4 is 0 Å². The second-order valence-electron chi connectivity index (χ2n) is 6.57. The van der Waals surface area contributed by atoms with E-state index in [1.807, 2.05) is 6.92 Å². The van der Waals surface area contributed by atoms with Gasteiger partial charge in [0.1, 0.15) is 14.4 Å². The Hall–Kier alpha value is -0.800. The van der Waals surface area contributed by atoms with Gasteiger partial charge in [-0.1, -0.05) is 37.8 Å². The number of thiocarbonyl (C=S) groups is 1. The van der Waals surface area contributed by atoms with Crippen molar-refractivity contribution in [3.8, 4) is 0 Å². The van der Waals surface area contributed by atoms with Crippen molar-refractivity contribution in [2.45, 2.75) is 58.3 Å². The summed E-state index contributed by atoms with van der Waals surface area (Å²) in [7, 11) is 0. The summed E-state index contributed by atoms with van der Waals surface area (Å²) in [4.78, 5) is 35.0. The van der Waals surface area contributed by atoms with Gasteiger partial charge in [0.2, 0.25) is 0 Å². The predicted octanol–water partition coefficient (Wildman–Crippen LogP) is 3.67. The van der Waals surface area contributed by atoms with Crippen molar-refractivity contribution in [2.75, 3.05) is 5.75 Å². The van der Waals surface area contributed by atoms with Gasteiger partial charge in [-0.05, 0) is 39.4 Å². The maximum atomic E-state index is 12.5. The highest BCUT2D eigenvalue weighted by molar-refractivity contribution is 8.47. The summed E-state index contributed by atoms with van der Waals surface area (Å²) >= 11 is 7.72. The van der Waals surface area contributed by atoms with E-state index in [0.717, 1.165) is 17.5 Å². The van der Waals surface area contributed by atoms with Crippen LogP contribution >= 0.6 is 35.7 Å². The van der Waals surface area contributed by atoms with E-state index in [1.165, 1.54) is 18.7 Å². The van der Waals surface area contributed by atoms with Crippen LogP contribution in [0.25, 0.3) is 0 Å². The van der Waals surface area contributed by atoms with E-state index >= 15 is 0 Å². The van der Waals surface area contributed by atoms with Gasteiger partial charge in [0.25, 0.3) is 0 Å². The largest absolute Gasteiger partial charge is 0.481 e. The lowest BCUT2D eigenvalue weighted by atomic mass is 9.92. The van der Waals surface area contributed by atoms with Crippen LogP contribution in [0.2, 0.25) is 0 Å². The van der Waals surface area contributed by atoms with Gasteiger partial charge in [0, 0.05) is 0 Å². The lowest BCUT2D eigenvalue weighted by molar-refractivity contribution is -0.154. The van der Waals surface area contributed by atoms with E-state index in [4.69, 9.17) is 22.1 Å². The third kappa shape index (κ3) is 10.7. The van der Waals surface area contributed by atoms with Crippen molar-refractivity contribution >= 4 is 57.2 Å². The molecule has 0 spiro atoms. The Bertz CT molecular complexity index is 501. The minimum absolute atomic E-state index is 0.0308. The number of carboxylic acid groups (broad SMARTS) is 2. The number of rotatable bonds is 9. The first kappa shape index (κ1) is 24.2. The van der Waals surface area contributed by atoms with Crippen molar-refractivity contribution in [3.05, 3.63) is 0 Å². The molecule has 0 radical (unpaired) electrons. The molecule has 0 rings (SSSR count). The highest BCUT2D eigenvalue weighted by atomic mass is 32.2. The Morgan fingerprint density at radius 2 is 1.68 bits per heavy atom. The third-order valence-electron chi connectivity index (χ3n) is 3.08. The van der Waals surface area contributed by atoms with Gasteiger partial charge in [0.05, 0.1) is 11.8 Å². The monoisotopic (exact) mass is 410 g/mol. The molecule has 0 fully saturated rings. The topological polar surface area (TPSA) is 101 Å². The molecule has 0 bridgehead atoms. The molecule has 9 heteroatoms. The fraction of sp³-hybridized carbons (Fsp3) is 0.750. The molecule has 0 saturated carbocycles. The lowest BCUT2D eigenvalue weighted by Gasteiger charge is -2.25. The Kier molecular flexibility index (Phi) is 10.7. The summed E-state index contributed by atoms with van der Waals surface area (Å²) < 4.78 is 5.91. The number of esters is 1. The lowest BCUT2D eigenvalue weighted by Crippen LogP contribution is -2.34. The minimum atomic E-state index is -1.13. The van der Waals surface area contributed by atoms with Crippen LogP contribution in [0.4, 0.5) is 0 Å². The predicted molar refractivity (Wildman–Crippen MR) is 105 cm³/mol. The van der Waals surface area contributed by atoms with Gasteiger partial charge in [-0.2, -0.15) is 0 Å². The second-order valence-corrected chi connectivity index (χ2v) is 10.2. The molecular formula is C16H26O6S3. The first-order valence-electron chi connectivity index (χ1n) is 7.89. The number of thioether (sulfide) groups is 2. The molecular weight excluding hydrogens is 384 g/mol. The standard InChI is InChI=1S/C16H26O6S3/c1-6-24-15(23)25-11(14(21)22-16(3,4)5)8-10(13(19)20)7-9(2)12(17)18/h9-11H,6-8H2,1-5H3,(H,17,18)(H,19,20). The zero-order chi connectivity index (χ0) is 19.8. The van der Waals surface area contributed by atoms with Gasteiger partial charge in [0.15, 0.2) is 0 Å². The number of carbonyl (C=O) groups is 3. The molecule has 0 amide bonds. The van der Waals surface area contributed by atoms with Gasteiger partial charge in [-0.3, -0.25) is 14.4 Å². The average Bonchev–Trinajstić information content (AvgIpc) is 2.43. The number of carbonyl (C=O) groups excluding carboxylic acids is 1. The van der Waals surface area contributed by atoms with Gasteiger partial charge in [-0.25, -0.2) is 0 Å². The van der Waals surface area contributed by atoms with E-state index in [1.54, 1.807) is 20.8 Å². The zero-order valence-electron chi connectivity index (χ0n) is 15.1. The summed E-state index contributed by atoms with van der Waals surface area (Å²) in [5.41, 5.74) is -0.706. The summed E-state index contributed by atoms with van der Waals surface area (Å²) in [6, 6.07) is 0. The summed E-state index contributed by atoms with van der Waals surface area (Å²) in [5.74, 6) is -3.77. The SMILES string of the molecule is CCSC(=S)SC(CC(CC(C)C(=O)O)C(=O)O)C(=O)OC(C)(C)C. The molecule has 0 aliphatic heterocycles. The highest BCUT2D eigenvalue weighted by Gasteiger charge is 2.33. The first-order valence-corrected chi connectivity index (χ1v) is 10.2. The van der Waals surface area contributed by atoms with E-state index in [-0.39, 0.29) is 12.8 Å². The van der Waals surface area contributed by atoms with E-state index in [2.05, 4.69) is 0 Å². The van der Waals surface area contributed by atoms with Crippen LogP contribution in [0.1, 0.15) is 47.5 Å². The Labute approximate surface area is 162 Å². The Balaban J connectivity index is 5.26. The Morgan fingerprint density at radius 1 is 1.12 bits per heavy atom. The maximum Gasteiger partial charge on any atom is 0.320 e. The number of ether oxygens (including phenoxy) is 1. The number of hydrogen-bond donors (Lipinski definition) is 2. The maximum absolute atomic E-state index is 12.5. The van der Waals surface area contributed by atoms with Crippen LogP contribution in [0.3, 0.4) is 0 Å². The molecule has 2 N–H and O–H groups in total. The summed E-state index contributed by atoms with van der Waals surface area (Å²) in [6.45, 7) is 8.56. The second kappa shape index (κ2) is 11.0. The van der Waals surface area contributed by atoms with Crippen molar-refractivity contribution < 1.29 is 29.3 Å². The van der Waals surface area contributed by atoms with E-state index in [0.29, 0.717) is 3.53 Å². The van der Waals surface area contributed by atoms with Crippen molar-refractivity contribution in [3.63, 3.8) is 0 Å². The molecule has 0 aliphatic carbocycles. The minimum Gasteiger partial charge on any atom is -0.481 e. The number of hydrogen-bond acceptors (Lipinski definition) is 7. The quantitative estimate of drug-likeness (QED) is 0.435. The molecule has 0 aromatic heterocycles. The van der Waals surface area contributed by atoms with Crippen LogP contribution in [0.15, 0.2) is 0 Å². The Morgan fingerprint density at radius 3 is 2.08 bits per heavy atom. The van der Waals surface area contributed by atoms with Crippen LogP contribution in [0, 0.1) is 11.8 Å². The molecule has 0 aromatic carbocycles. The van der Waals surface area contributed by atoms with Gasteiger partial charge >= 0.3 is 17.9 Å². The zero-order valence-corrected chi connectivity index (χ0v) is 17.6. The molecule has 25 heavy (non-hydrogen) atoms. The fourth-order valence-corrected chi connectivity index (χ4v) is 4.53. The highest BCUT2D eigenvalue weighted by Crippen LogP contribution is 2.31. The van der Waals surface area contributed by atoms with Crippen LogP contribution in [-0.4, -0.2) is 48.3 Å². The molecule has 144 valence electrons. The van der Waals surface area contributed by atoms with Crippen molar-refractivity contribution in [1.82, 2.24) is 0 Å². The molecule has 0 aliphatic rings. The normalized spacial score (nSPS) is 15.1. The molecule has 0 heterocycles.